The molecule has 64 heavy (non-hydrogen) atoms. The maximum Gasteiger partial charge on any atom is 0.0755 e. The van der Waals surface area contributed by atoms with E-state index in [0.717, 1.165) is 35.6 Å². The van der Waals surface area contributed by atoms with Crippen LogP contribution in [0.25, 0.3) is 48.0 Å². The molecule has 2 aliphatic carbocycles. The molecule has 0 unspecified atom stereocenters. The van der Waals surface area contributed by atoms with E-state index in [1.54, 1.807) is 0 Å². The third kappa shape index (κ3) is 5.44. The maximum atomic E-state index is 2.52. The second-order valence-electron chi connectivity index (χ2n) is 17.0. The second-order valence-corrected chi connectivity index (χ2v) is 18.1. The number of nitrogens with zero attached hydrogens (tertiary/aromatic N) is 2. The highest BCUT2D eigenvalue weighted by Gasteiger charge is 2.51. The van der Waals surface area contributed by atoms with E-state index in [4.69, 9.17) is 0 Å². The zero-order valence-electron chi connectivity index (χ0n) is 35.2. The largest absolute Gasteiger partial charge is 0.310 e. The lowest BCUT2D eigenvalue weighted by molar-refractivity contribution is 0.752. The van der Waals surface area contributed by atoms with Gasteiger partial charge < -0.3 is 9.80 Å². The third-order valence-corrected chi connectivity index (χ3v) is 14.8. The SMILES string of the molecule is C1=CC(c2ccccc2-c2ccccc2N(c2ccc3c(c2)C2(c4ccccc4-3)c3ccccc3N(c3ccccc3)c3ccccc32)c2ccc3sc4ccccc4c3c2)=CCC1. The molecule has 13 rings (SSSR count). The number of hydrogen-bond acceptors (Lipinski definition) is 3. The molecule has 0 fully saturated rings. The molecule has 0 bridgehead atoms. The van der Waals surface area contributed by atoms with Gasteiger partial charge in [0.2, 0.25) is 0 Å². The molecule has 1 aromatic heterocycles. The van der Waals surface area contributed by atoms with Crippen molar-refractivity contribution in [3.05, 3.63) is 258 Å². The molecule has 3 heteroatoms. The Labute approximate surface area is 378 Å². The summed E-state index contributed by atoms with van der Waals surface area (Å²) in [6.07, 6.45) is 9.14. The molecule has 2 nitrogen and oxygen atoms in total. The van der Waals surface area contributed by atoms with Crippen molar-refractivity contribution in [2.75, 3.05) is 9.80 Å². The molecule has 10 aromatic rings. The normalized spacial score (nSPS) is 14.2. The minimum Gasteiger partial charge on any atom is -0.310 e. The van der Waals surface area contributed by atoms with Crippen molar-refractivity contribution in [1.82, 2.24) is 0 Å². The molecule has 2 heterocycles. The zero-order chi connectivity index (χ0) is 42.2. The Morgan fingerprint density at radius 3 is 1.80 bits per heavy atom. The molecule has 9 aromatic carbocycles. The Bertz CT molecular complexity index is 3490. The van der Waals surface area contributed by atoms with E-state index in [0.29, 0.717) is 0 Å². The monoisotopic (exact) mass is 834 g/mol. The molecular formula is C61H42N2S. The number of hydrogen-bond donors (Lipinski definition) is 0. The second kappa shape index (κ2) is 14.7. The van der Waals surface area contributed by atoms with E-state index in [1.165, 1.54) is 87.2 Å². The Balaban J connectivity index is 1.10. The predicted octanol–water partition coefficient (Wildman–Crippen LogP) is 17.1. The molecule has 0 radical (unpaired) electrons. The fourth-order valence-electron chi connectivity index (χ4n) is 11.0. The molecule has 1 aliphatic heterocycles. The van der Waals surface area contributed by atoms with Crippen molar-refractivity contribution in [2.45, 2.75) is 18.3 Å². The van der Waals surface area contributed by atoms with Crippen molar-refractivity contribution in [3.8, 4) is 22.3 Å². The number of thiophene rings is 1. The van der Waals surface area contributed by atoms with Crippen LogP contribution in [0, 0.1) is 0 Å². The van der Waals surface area contributed by atoms with Gasteiger partial charge in [0, 0.05) is 42.8 Å². The molecular weight excluding hydrogens is 793 g/mol. The fraction of sp³-hybridized carbons (Fsp3) is 0.0492. The highest BCUT2D eigenvalue weighted by atomic mass is 32.1. The molecule has 0 amide bonds. The van der Waals surface area contributed by atoms with E-state index in [2.05, 4.69) is 240 Å². The van der Waals surface area contributed by atoms with Crippen LogP contribution in [0.4, 0.5) is 34.1 Å². The Morgan fingerprint density at radius 1 is 0.422 bits per heavy atom. The first-order valence-corrected chi connectivity index (χ1v) is 23.1. The number of anilines is 6. The highest BCUT2D eigenvalue weighted by Crippen LogP contribution is 2.64. The summed E-state index contributed by atoms with van der Waals surface area (Å²) < 4.78 is 2.60. The van der Waals surface area contributed by atoms with Gasteiger partial charge in [0.05, 0.1) is 22.5 Å². The molecule has 0 saturated heterocycles. The minimum atomic E-state index is -0.578. The van der Waals surface area contributed by atoms with Crippen LogP contribution in [0.1, 0.15) is 40.7 Å². The summed E-state index contributed by atoms with van der Waals surface area (Å²) >= 11 is 1.87. The number of rotatable bonds is 6. The predicted molar refractivity (Wildman–Crippen MR) is 271 cm³/mol. The van der Waals surface area contributed by atoms with E-state index in [9.17, 15) is 0 Å². The van der Waals surface area contributed by atoms with E-state index in [-0.39, 0.29) is 0 Å². The standard InChI is InChI=1S/C61H42N2S/c1-3-19-41(20-4-1)45-23-7-8-24-46(45)49-26-10-15-31-56(49)62(43-36-38-60-51(39-43)50-27-11-18-34-59(50)64-60)44-35-37-48-47-25-9-12-28-52(47)61(55(48)40-44)53-29-13-16-32-57(53)63(42-21-5-2-6-22-42)58-33-17-14-30-54(58)61/h2-3,5-40H,1,4H2. The van der Waals surface area contributed by atoms with Gasteiger partial charge in [-0.15, -0.1) is 11.3 Å². The summed E-state index contributed by atoms with van der Waals surface area (Å²) in [5.74, 6) is 0. The summed E-state index contributed by atoms with van der Waals surface area (Å²) in [5.41, 5.74) is 19.0. The molecule has 3 aliphatic rings. The van der Waals surface area contributed by atoms with Gasteiger partial charge in [0.15, 0.2) is 0 Å². The Kier molecular flexibility index (Phi) is 8.47. The lowest BCUT2D eigenvalue weighted by atomic mass is 9.64. The molecule has 0 N–H and O–H groups in total. The van der Waals surface area contributed by atoms with Gasteiger partial charge in [0.1, 0.15) is 0 Å². The van der Waals surface area contributed by atoms with Crippen molar-refractivity contribution >= 4 is 71.2 Å². The summed E-state index contributed by atoms with van der Waals surface area (Å²) in [7, 11) is 0. The van der Waals surface area contributed by atoms with Gasteiger partial charge >= 0.3 is 0 Å². The molecule has 0 saturated carbocycles. The molecule has 302 valence electrons. The highest BCUT2D eigenvalue weighted by molar-refractivity contribution is 7.25. The summed E-state index contributed by atoms with van der Waals surface area (Å²) in [5, 5.41) is 2.57. The van der Waals surface area contributed by atoms with Crippen molar-refractivity contribution in [3.63, 3.8) is 0 Å². The lowest BCUT2D eigenvalue weighted by Gasteiger charge is -2.45. The quantitative estimate of drug-likeness (QED) is 0.165. The van der Waals surface area contributed by atoms with Gasteiger partial charge in [-0.3, -0.25) is 0 Å². The van der Waals surface area contributed by atoms with Crippen LogP contribution in [0.2, 0.25) is 0 Å². The topological polar surface area (TPSA) is 6.48 Å². The fourth-order valence-corrected chi connectivity index (χ4v) is 12.1. The van der Waals surface area contributed by atoms with Crippen LogP contribution in [0.15, 0.2) is 231 Å². The Hall–Kier alpha value is -7.72. The lowest BCUT2D eigenvalue weighted by Crippen LogP contribution is -2.36. The first-order chi connectivity index (χ1) is 31.8. The number of fused-ring (bicyclic) bond motifs is 12. The summed E-state index contributed by atoms with van der Waals surface area (Å²) in [4.78, 5) is 4.98. The van der Waals surface area contributed by atoms with Crippen LogP contribution in [-0.2, 0) is 5.41 Å². The first kappa shape index (κ1) is 36.9. The van der Waals surface area contributed by atoms with Crippen molar-refractivity contribution in [2.24, 2.45) is 0 Å². The number of benzene rings is 9. The first-order valence-electron chi connectivity index (χ1n) is 22.3. The van der Waals surface area contributed by atoms with E-state index in [1.807, 2.05) is 11.3 Å². The van der Waals surface area contributed by atoms with Crippen LogP contribution >= 0.6 is 11.3 Å². The molecule has 1 spiro atoms. The molecule has 0 atom stereocenters. The van der Waals surface area contributed by atoms with Gasteiger partial charge in [-0.2, -0.15) is 0 Å². The smallest absolute Gasteiger partial charge is 0.0755 e. The van der Waals surface area contributed by atoms with E-state index < -0.39 is 5.41 Å². The van der Waals surface area contributed by atoms with Gasteiger partial charge in [-0.25, -0.2) is 0 Å². The van der Waals surface area contributed by atoms with Crippen LogP contribution in [0.3, 0.4) is 0 Å². The minimum absolute atomic E-state index is 0.578. The van der Waals surface area contributed by atoms with Gasteiger partial charge in [0.25, 0.3) is 0 Å². The average Bonchev–Trinajstić information content (AvgIpc) is 3.88. The number of para-hydroxylation sites is 4. The number of allylic oxidation sites excluding steroid dienone is 4. The van der Waals surface area contributed by atoms with Gasteiger partial charge in [-0.05, 0) is 130 Å². The average molecular weight is 835 g/mol. The van der Waals surface area contributed by atoms with Crippen molar-refractivity contribution in [1.29, 1.82) is 0 Å². The maximum absolute atomic E-state index is 2.52. The summed E-state index contributed by atoms with van der Waals surface area (Å²) in [6, 6.07) is 79.2. The third-order valence-electron chi connectivity index (χ3n) is 13.7. The zero-order valence-corrected chi connectivity index (χ0v) is 36.0. The van der Waals surface area contributed by atoms with Crippen LogP contribution in [-0.4, -0.2) is 0 Å². The van der Waals surface area contributed by atoms with Crippen molar-refractivity contribution < 1.29 is 0 Å². The van der Waals surface area contributed by atoms with Gasteiger partial charge in [-0.1, -0.05) is 164 Å². The van der Waals surface area contributed by atoms with Crippen LogP contribution in [0.5, 0.6) is 0 Å². The summed E-state index contributed by atoms with van der Waals surface area (Å²) in [6.45, 7) is 0. The Morgan fingerprint density at radius 2 is 1.02 bits per heavy atom. The van der Waals surface area contributed by atoms with Crippen LogP contribution < -0.4 is 9.80 Å². The van der Waals surface area contributed by atoms with E-state index >= 15 is 0 Å².